The summed E-state index contributed by atoms with van der Waals surface area (Å²) in [7, 11) is 4.10. The number of fused-ring (bicyclic) bond motifs is 1. The quantitative estimate of drug-likeness (QED) is 0.291. The number of carbonyl (C=O) groups excluding carboxylic acids is 1. The second kappa shape index (κ2) is 9.97. The van der Waals surface area contributed by atoms with E-state index < -0.39 is 0 Å². The fourth-order valence-corrected chi connectivity index (χ4v) is 4.07. The van der Waals surface area contributed by atoms with E-state index in [9.17, 15) is 9.90 Å². The number of nitrogens with one attached hydrogen (secondary N) is 1. The van der Waals surface area contributed by atoms with Crippen LogP contribution in [0.5, 0.6) is 5.75 Å². The van der Waals surface area contributed by atoms with Crippen LogP contribution < -0.4 is 5.32 Å². The fraction of sp³-hybridized carbons (Fsp3) is 0.192. The Hall–Kier alpha value is -3.19. The summed E-state index contributed by atoms with van der Waals surface area (Å²) in [5.74, 6) is -0.299. The first-order valence-corrected chi connectivity index (χ1v) is 11.5. The fourth-order valence-electron chi connectivity index (χ4n) is 3.59. The highest BCUT2D eigenvalue weighted by molar-refractivity contribution is 6.37. The molecule has 2 aromatic heterocycles. The molecule has 0 aliphatic rings. The minimum Gasteiger partial charge on any atom is -0.505 e. The van der Waals surface area contributed by atoms with E-state index >= 15 is 0 Å². The van der Waals surface area contributed by atoms with Gasteiger partial charge < -0.3 is 15.3 Å². The Morgan fingerprint density at radius 1 is 1.06 bits per heavy atom. The Bertz CT molecular complexity index is 1350. The van der Waals surface area contributed by atoms with Gasteiger partial charge in [0.15, 0.2) is 11.5 Å². The molecule has 2 heterocycles. The molecule has 4 aromatic rings. The highest BCUT2D eigenvalue weighted by Gasteiger charge is 2.16. The zero-order valence-electron chi connectivity index (χ0n) is 19.1. The lowest BCUT2D eigenvalue weighted by molar-refractivity contribution is 0.101. The molecule has 0 spiro atoms. The number of hydrogen-bond acceptors (Lipinski definition) is 6. The van der Waals surface area contributed by atoms with Crippen LogP contribution in [0.3, 0.4) is 0 Å². The number of Topliss-reactive ketones (excluding diaryl/α,β-unsaturated/α-hetero) is 1. The van der Waals surface area contributed by atoms with Crippen molar-refractivity contribution in [3.63, 3.8) is 0 Å². The maximum Gasteiger partial charge on any atom is 0.163 e. The van der Waals surface area contributed by atoms with Crippen molar-refractivity contribution in [3.05, 3.63) is 75.9 Å². The van der Waals surface area contributed by atoms with E-state index in [-0.39, 0.29) is 21.6 Å². The summed E-state index contributed by atoms with van der Waals surface area (Å²) in [6.45, 7) is 2.47. The zero-order chi connectivity index (χ0) is 24.4. The minimum atomic E-state index is -0.176. The number of ketones is 1. The van der Waals surface area contributed by atoms with Crippen LogP contribution >= 0.6 is 23.2 Å². The number of benzene rings is 2. The molecule has 0 aliphatic heterocycles. The number of phenols is 1. The van der Waals surface area contributed by atoms with E-state index in [1.807, 2.05) is 18.2 Å². The van der Waals surface area contributed by atoms with Gasteiger partial charge in [0.25, 0.3) is 0 Å². The molecule has 2 aromatic carbocycles. The lowest BCUT2D eigenvalue weighted by Gasteiger charge is -2.15. The summed E-state index contributed by atoms with van der Waals surface area (Å²) < 4.78 is 0. The predicted molar refractivity (Wildman–Crippen MR) is 139 cm³/mol. The molecule has 0 fully saturated rings. The normalized spacial score (nSPS) is 11.2. The van der Waals surface area contributed by atoms with E-state index in [1.54, 1.807) is 24.4 Å². The smallest absolute Gasteiger partial charge is 0.163 e. The molecule has 0 radical (unpaired) electrons. The number of likely N-dealkylation sites (N-methyl/N-ethyl adjacent to an activating group) is 1. The third-order valence-electron chi connectivity index (χ3n) is 5.48. The SMILES string of the molecule is CC(=O)c1cnc2ccc(-c3cc(Cl)c(O)c(Cl)c3)nc2c1Nc1ccc(CCN(C)C)cc1. The van der Waals surface area contributed by atoms with Crippen molar-refractivity contribution in [1.29, 1.82) is 0 Å². The Balaban J connectivity index is 1.77. The largest absolute Gasteiger partial charge is 0.505 e. The van der Waals surface area contributed by atoms with Crippen molar-refractivity contribution in [2.24, 2.45) is 0 Å². The van der Waals surface area contributed by atoms with Gasteiger partial charge in [-0.2, -0.15) is 0 Å². The van der Waals surface area contributed by atoms with Crippen LogP contribution in [0.2, 0.25) is 10.0 Å². The standard InChI is InChI=1S/C26H24Cl2N4O2/c1-15(33)19-14-29-23-9-8-22(17-12-20(27)26(34)21(28)13-17)31-25(23)24(19)30-18-6-4-16(5-7-18)10-11-32(2)3/h4-9,12-14,34H,10-11H2,1-3H3,(H,29,30). The van der Waals surface area contributed by atoms with Crippen molar-refractivity contribution >= 4 is 51.4 Å². The van der Waals surface area contributed by atoms with Crippen LogP contribution in [0.25, 0.3) is 22.3 Å². The van der Waals surface area contributed by atoms with E-state index in [0.717, 1.165) is 18.7 Å². The molecule has 0 saturated heterocycles. The summed E-state index contributed by atoms with van der Waals surface area (Å²) in [5.41, 5.74) is 5.49. The molecule has 0 saturated carbocycles. The monoisotopic (exact) mass is 494 g/mol. The van der Waals surface area contributed by atoms with Gasteiger partial charge in [0, 0.05) is 24.0 Å². The highest BCUT2D eigenvalue weighted by Crippen LogP contribution is 2.37. The molecular weight excluding hydrogens is 471 g/mol. The molecule has 6 nitrogen and oxygen atoms in total. The summed E-state index contributed by atoms with van der Waals surface area (Å²) in [6.07, 6.45) is 2.51. The highest BCUT2D eigenvalue weighted by atomic mass is 35.5. The zero-order valence-corrected chi connectivity index (χ0v) is 20.6. The molecule has 0 atom stereocenters. The van der Waals surface area contributed by atoms with Gasteiger partial charge in [0.05, 0.1) is 32.5 Å². The van der Waals surface area contributed by atoms with Crippen LogP contribution in [-0.2, 0) is 6.42 Å². The molecule has 2 N–H and O–H groups in total. The van der Waals surface area contributed by atoms with Crippen molar-refractivity contribution in [2.45, 2.75) is 13.3 Å². The number of nitrogens with zero attached hydrogens (tertiary/aromatic N) is 3. The molecule has 0 amide bonds. The lowest BCUT2D eigenvalue weighted by atomic mass is 10.1. The Kier molecular flexibility index (Phi) is 7.03. The average molecular weight is 495 g/mol. The molecule has 8 heteroatoms. The van der Waals surface area contributed by atoms with E-state index in [1.165, 1.54) is 12.5 Å². The lowest BCUT2D eigenvalue weighted by Crippen LogP contribution is -2.14. The average Bonchev–Trinajstić information content (AvgIpc) is 2.81. The number of phenolic OH excluding ortho intramolecular Hbond substituents is 1. The maximum atomic E-state index is 12.4. The van der Waals surface area contributed by atoms with Crippen LogP contribution in [0, 0.1) is 0 Å². The van der Waals surface area contributed by atoms with Gasteiger partial charge in [-0.3, -0.25) is 9.78 Å². The summed E-state index contributed by atoms with van der Waals surface area (Å²) in [5, 5.41) is 13.5. The Morgan fingerprint density at radius 2 is 1.74 bits per heavy atom. The first-order chi connectivity index (χ1) is 16.2. The maximum absolute atomic E-state index is 12.4. The summed E-state index contributed by atoms with van der Waals surface area (Å²) in [4.78, 5) is 23.8. The molecule has 4 rings (SSSR count). The van der Waals surface area contributed by atoms with Crippen LogP contribution in [0.15, 0.2) is 54.7 Å². The van der Waals surface area contributed by atoms with Gasteiger partial charge >= 0.3 is 0 Å². The van der Waals surface area contributed by atoms with E-state index in [4.69, 9.17) is 28.2 Å². The van der Waals surface area contributed by atoms with Crippen molar-refractivity contribution in [3.8, 4) is 17.0 Å². The van der Waals surface area contributed by atoms with Crippen LogP contribution in [0.1, 0.15) is 22.8 Å². The van der Waals surface area contributed by atoms with Gasteiger partial charge in [-0.25, -0.2) is 4.98 Å². The van der Waals surface area contributed by atoms with E-state index in [2.05, 4.69) is 41.4 Å². The molecule has 0 aliphatic carbocycles. The topological polar surface area (TPSA) is 78.3 Å². The number of carbonyl (C=O) groups is 1. The van der Waals surface area contributed by atoms with Gasteiger partial charge in [-0.05, 0) is 69.4 Å². The Labute approximate surface area is 208 Å². The molecule has 0 bridgehead atoms. The third-order valence-corrected chi connectivity index (χ3v) is 6.05. The van der Waals surface area contributed by atoms with E-state index in [0.29, 0.717) is 33.5 Å². The number of aromatic hydroxyl groups is 1. The number of anilines is 2. The van der Waals surface area contributed by atoms with Crippen molar-refractivity contribution in [1.82, 2.24) is 14.9 Å². The van der Waals surface area contributed by atoms with Gasteiger partial charge in [0.1, 0.15) is 5.52 Å². The molecule has 0 unspecified atom stereocenters. The van der Waals surface area contributed by atoms with Crippen molar-refractivity contribution < 1.29 is 9.90 Å². The molecular formula is C26H24Cl2N4O2. The summed E-state index contributed by atoms with van der Waals surface area (Å²) in [6, 6.07) is 14.9. The second-order valence-electron chi connectivity index (χ2n) is 8.33. The third kappa shape index (κ3) is 5.14. The number of halogens is 2. The number of pyridine rings is 2. The first kappa shape index (κ1) is 24.0. The predicted octanol–water partition coefficient (Wildman–Crippen LogP) is 6.36. The first-order valence-electron chi connectivity index (χ1n) is 10.7. The van der Waals surface area contributed by atoms with Gasteiger partial charge in [0.2, 0.25) is 0 Å². The van der Waals surface area contributed by atoms with Crippen LogP contribution in [0.4, 0.5) is 11.4 Å². The van der Waals surface area contributed by atoms with Gasteiger partial charge in [-0.1, -0.05) is 35.3 Å². The van der Waals surface area contributed by atoms with Crippen LogP contribution in [-0.4, -0.2) is 46.4 Å². The number of aromatic nitrogens is 2. The van der Waals surface area contributed by atoms with Crippen molar-refractivity contribution in [2.75, 3.05) is 26.0 Å². The molecule has 174 valence electrons. The Morgan fingerprint density at radius 3 is 2.35 bits per heavy atom. The molecule has 34 heavy (non-hydrogen) atoms. The second-order valence-corrected chi connectivity index (χ2v) is 9.15. The minimum absolute atomic E-state index is 0.123. The number of hydrogen-bond donors (Lipinski definition) is 2. The number of rotatable bonds is 7. The summed E-state index contributed by atoms with van der Waals surface area (Å²) >= 11 is 12.2. The van der Waals surface area contributed by atoms with Gasteiger partial charge in [-0.15, -0.1) is 0 Å².